The summed E-state index contributed by atoms with van der Waals surface area (Å²) in [5, 5.41) is 10.8. The quantitative estimate of drug-likeness (QED) is 0.0312. The molecule has 1 aliphatic rings. The van der Waals surface area contributed by atoms with E-state index in [9.17, 15) is 14.7 Å². The van der Waals surface area contributed by atoms with Crippen molar-refractivity contribution < 1.29 is 40.3 Å². The average Bonchev–Trinajstić information content (AvgIpc) is 4.20. The molecule has 0 bridgehead atoms. The van der Waals surface area contributed by atoms with Gasteiger partial charge in [0.2, 0.25) is 0 Å². The van der Waals surface area contributed by atoms with Crippen LogP contribution >= 0.6 is 72.0 Å². The summed E-state index contributed by atoms with van der Waals surface area (Å²) in [5.74, 6) is 2.10. The van der Waals surface area contributed by atoms with Gasteiger partial charge in [0.15, 0.2) is 5.78 Å². The maximum atomic E-state index is 11.3. The van der Waals surface area contributed by atoms with Gasteiger partial charge in [0.1, 0.15) is 5.78 Å². The molecule has 67 heavy (non-hydrogen) atoms. The molecule has 6 rings (SSSR count). The van der Waals surface area contributed by atoms with Gasteiger partial charge < -0.3 is 9.84 Å². The van der Waals surface area contributed by atoms with Crippen molar-refractivity contribution in [2.45, 2.75) is 78.9 Å². The molecule has 0 saturated carbocycles. The summed E-state index contributed by atoms with van der Waals surface area (Å²) in [5.41, 5.74) is 6.52. The van der Waals surface area contributed by atoms with Crippen LogP contribution in [0.1, 0.15) is 63.9 Å². The fourth-order valence-electron chi connectivity index (χ4n) is 6.33. The first kappa shape index (κ1) is 66.6. The molecule has 1 heterocycles. The molecule has 1 saturated heterocycles. The molecule has 1 fully saturated rings. The summed E-state index contributed by atoms with van der Waals surface area (Å²) >= 11 is 16.0. The third kappa shape index (κ3) is 33.6. The number of carbonyl (C=O) groups excluding carboxylic acids is 2. The van der Waals surface area contributed by atoms with Crippen molar-refractivity contribution in [3.63, 3.8) is 0 Å². The van der Waals surface area contributed by atoms with Crippen molar-refractivity contribution in [2.75, 3.05) is 22.6 Å². The second-order valence-corrected chi connectivity index (χ2v) is 18.3. The average molecular weight is 1200 g/mol. The Balaban J connectivity index is -0.000000757. The summed E-state index contributed by atoms with van der Waals surface area (Å²) in [7, 11) is 0. The largest absolute Gasteiger partial charge is 0.392 e. The Morgan fingerprint density at radius 3 is 1.28 bits per heavy atom. The Morgan fingerprint density at radius 1 is 0.642 bits per heavy atom. The first-order chi connectivity index (χ1) is 31.3. The monoisotopic (exact) mass is 1190 g/mol. The number of rotatable bonds is 18. The van der Waals surface area contributed by atoms with E-state index in [1.165, 1.54) is 33.9 Å². The van der Waals surface area contributed by atoms with E-state index in [1.54, 1.807) is 0 Å². The van der Waals surface area contributed by atoms with Crippen molar-refractivity contribution in [3.05, 3.63) is 205 Å². The number of aliphatic hydroxyl groups excluding tert-OH is 1. The molecule has 0 amide bonds. The van der Waals surface area contributed by atoms with Gasteiger partial charge in [0.05, 0.1) is 29.5 Å². The number of alkyl halides is 4. The van der Waals surface area contributed by atoms with Crippen molar-refractivity contribution >= 4 is 83.6 Å². The first-order valence-electron chi connectivity index (χ1n) is 22.4. The van der Waals surface area contributed by atoms with Gasteiger partial charge in [-0.05, 0) is 83.8 Å². The second kappa shape index (κ2) is 42.4. The number of halogens is 5. The number of hydrogen-bond donors (Lipinski definition) is 1. The summed E-state index contributed by atoms with van der Waals surface area (Å²) in [4.78, 5) is 22.5. The van der Waals surface area contributed by atoms with Crippen LogP contribution in [-0.4, -0.2) is 51.5 Å². The number of allylic oxidation sites excluding steroid dienone is 2. The molecule has 10 heteroatoms. The zero-order valence-corrected chi connectivity index (χ0v) is 49.6. The van der Waals surface area contributed by atoms with Gasteiger partial charge >= 0.3 is 0 Å². The molecule has 0 aromatic heterocycles. The van der Waals surface area contributed by atoms with E-state index in [2.05, 4.69) is 145 Å². The Kier molecular flexibility index (Phi) is 42.1. The van der Waals surface area contributed by atoms with Crippen LogP contribution < -0.4 is 0 Å². The van der Waals surface area contributed by atoms with Crippen LogP contribution in [0.2, 0.25) is 0 Å². The fraction of sp³-hybridized carbons (Fsp3) is 0.368. The number of ketones is 2. The molecule has 4 nitrogen and oxygen atoms in total. The maximum absolute atomic E-state index is 11.3. The Labute approximate surface area is 456 Å². The maximum Gasteiger partial charge on any atom is 0.158 e. The van der Waals surface area contributed by atoms with Gasteiger partial charge in [-0.2, -0.15) is 0 Å². The van der Waals surface area contributed by atoms with Crippen LogP contribution in [0.3, 0.4) is 0 Å². The van der Waals surface area contributed by atoms with Crippen LogP contribution in [0.4, 0.5) is 0 Å². The molecule has 1 N–H and O–H groups in total. The van der Waals surface area contributed by atoms with Crippen molar-refractivity contribution in [2.24, 2.45) is 29.6 Å². The number of carbonyl (C=O) groups is 2. The van der Waals surface area contributed by atoms with Crippen LogP contribution in [0.15, 0.2) is 177 Å². The second-order valence-electron chi connectivity index (χ2n) is 16.3. The predicted octanol–water partition coefficient (Wildman–Crippen LogP) is 15.6. The summed E-state index contributed by atoms with van der Waals surface area (Å²) in [6.45, 7) is 18.6. The molecular formula is C57H75Br3Cl2O4Zn. The van der Waals surface area contributed by atoms with Gasteiger partial charge in [0, 0.05) is 38.1 Å². The Morgan fingerprint density at radius 2 is 0.970 bits per heavy atom. The van der Waals surface area contributed by atoms with E-state index >= 15 is 0 Å². The molecule has 0 aliphatic carbocycles. The van der Waals surface area contributed by atoms with E-state index in [0.717, 1.165) is 38.7 Å². The van der Waals surface area contributed by atoms with Crippen LogP contribution in [-0.2, 0) is 65.9 Å². The van der Waals surface area contributed by atoms with E-state index < -0.39 is 0 Å². The topological polar surface area (TPSA) is 66.9 Å². The summed E-state index contributed by atoms with van der Waals surface area (Å²) in [6.07, 6.45) is 8.49. The summed E-state index contributed by atoms with van der Waals surface area (Å²) < 4.78 is 5.24. The van der Waals surface area contributed by atoms with Gasteiger partial charge in [-0.25, -0.2) is 0 Å². The molecule has 7 atom stereocenters. The predicted molar refractivity (Wildman–Crippen MR) is 299 cm³/mol. The normalized spacial score (nSPS) is 14.3. The number of Topliss-reactive ketones (excluding diaryl/α,β-unsaturated/α-hetero) is 1. The van der Waals surface area contributed by atoms with Crippen molar-refractivity contribution in [3.8, 4) is 0 Å². The third-order valence-electron chi connectivity index (χ3n) is 10.6. The van der Waals surface area contributed by atoms with E-state index in [-0.39, 0.29) is 72.7 Å². The molecular weight excluding hydrogens is 1120 g/mol. The molecule has 1 aliphatic heterocycles. The van der Waals surface area contributed by atoms with Crippen LogP contribution in [0.5, 0.6) is 0 Å². The van der Waals surface area contributed by atoms with Gasteiger partial charge in [-0.1, -0.05) is 231 Å². The number of aliphatic hydroxyl groups is 1. The van der Waals surface area contributed by atoms with Crippen molar-refractivity contribution in [1.29, 1.82) is 0 Å². The molecule has 5 aromatic carbocycles. The SMILES string of the molecule is Br.C=CC(=O)[C@@H](C)Cc1ccccc1.C=C[C@@H](C)Cc1ccccc1.C[C@@H](Cc1ccccc1)C(=O)CBr.C[C@@H](Cc1ccccc1)[C@@H]1CO1.C[C@@H](Cc1ccccc1)[C@H](O)CBr.ClCCl.[HH].[Zn]. The number of benzene rings is 5. The number of ether oxygens (including phenoxy) is 1. The van der Waals surface area contributed by atoms with Gasteiger partial charge in [-0.3, -0.25) is 9.59 Å². The van der Waals surface area contributed by atoms with E-state index in [1.807, 2.05) is 92.7 Å². The minimum atomic E-state index is -0.250. The van der Waals surface area contributed by atoms with E-state index in [0.29, 0.717) is 34.5 Å². The molecule has 0 unspecified atom stereocenters. The molecule has 0 radical (unpaired) electrons. The third-order valence-corrected chi connectivity index (χ3v) is 11.8. The standard InChI is InChI=1S/C12H14O.C11H15BrO.C11H13BrO.C11H14O.C11H14.CH2Cl2.BrH.Zn.H2/c1-3-12(13)10(2)9-11-7-5-4-6-8-11;2*1-9(11(13)8-12)7-10-5-3-2-4-6-10;1-9(11-8-12-11)7-10-5-3-2-4-6-10;1-3-10(2)9-11-7-5-4-6-8-11;2-1-3;;;/h3-8,10H,1,9H2,2H3;2-6,9,11,13H,7-8H2,1H3;2-6,9H,7-8H2,1H3;2-6,9,11H,7-8H2,1H3;3-8,10H,1,9H2,2H3;1H2;1H;;1H/t10-;9-,11+;9-;9-,11-;10-;;;;/m00001..../s1. The number of hydrogen-bond acceptors (Lipinski definition) is 4. The fourth-order valence-corrected chi connectivity index (χ4v) is 7.52. The molecule has 0 spiro atoms. The zero-order chi connectivity index (χ0) is 48.2. The van der Waals surface area contributed by atoms with Gasteiger partial charge in [0.25, 0.3) is 0 Å². The smallest absolute Gasteiger partial charge is 0.158 e. The van der Waals surface area contributed by atoms with Crippen molar-refractivity contribution in [1.82, 2.24) is 0 Å². The minimum Gasteiger partial charge on any atom is -0.392 e. The minimum absolute atomic E-state index is 0. The molecule has 5 aromatic rings. The van der Waals surface area contributed by atoms with Crippen LogP contribution in [0, 0.1) is 29.6 Å². The Bertz CT molecular complexity index is 1950. The number of epoxide rings is 1. The molecule has 364 valence electrons. The summed E-state index contributed by atoms with van der Waals surface area (Å²) in [6, 6.07) is 51.5. The van der Waals surface area contributed by atoms with E-state index in [4.69, 9.17) is 27.9 Å². The Hall–Kier alpha value is -2.52. The van der Waals surface area contributed by atoms with Crippen LogP contribution in [0.25, 0.3) is 0 Å². The first-order valence-corrected chi connectivity index (χ1v) is 25.7. The van der Waals surface area contributed by atoms with Gasteiger partial charge in [-0.15, -0.1) is 46.8 Å². The zero-order valence-electron chi connectivity index (χ0n) is 40.2.